The van der Waals surface area contributed by atoms with Gasteiger partial charge in [0.25, 0.3) is 0 Å². The van der Waals surface area contributed by atoms with Gasteiger partial charge in [-0.15, -0.1) is 11.3 Å². The van der Waals surface area contributed by atoms with Crippen LogP contribution >= 0.6 is 27.3 Å². The zero-order valence-corrected chi connectivity index (χ0v) is 11.6. The summed E-state index contributed by atoms with van der Waals surface area (Å²) in [4.78, 5) is 26.7. The molecular formula is C12H12BrNO2S. The van der Waals surface area contributed by atoms with Crippen LogP contribution in [-0.4, -0.2) is 16.7 Å². The van der Waals surface area contributed by atoms with Crippen LogP contribution in [0.15, 0.2) is 15.9 Å². The second-order valence-electron chi connectivity index (χ2n) is 4.64. The number of carbonyl (C=O) groups is 2. The van der Waals surface area contributed by atoms with E-state index >= 15 is 0 Å². The quantitative estimate of drug-likeness (QED) is 0.787. The molecular weight excluding hydrogens is 302 g/mol. The monoisotopic (exact) mass is 313 g/mol. The maximum Gasteiger partial charge on any atom is 0.233 e. The molecule has 5 heteroatoms. The Kier molecular flexibility index (Phi) is 2.83. The summed E-state index contributed by atoms with van der Waals surface area (Å²) in [6.45, 7) is 0.445. The van der Waals surface area contributed by atoms with E-state index in [0.717, 1.165) is 28.6 Å². The minimum Gasteiger partial charge on any atom is -0.277 e. The van der Waals surface area contributed by atoms with Gasteiger partial charge in [-0.1, -0.05) is 6.42 Å². The Hall–Kier alpha value is -0.680. The number of imide groups is 1. The maximum atomic E-state index is 12.1. The van der Waals surface area contributed by atoms with Gasteiger partial charge in [0.2, 0.25) is 11.8 Å². The first-order chi connectivity index (χ1) is 8.16. The Bertz CT molecular complexity index is 463. The third-order valence-electron chi connectivity index (χ3n) is 3.62. The Labute approximate surface area is 112 Å². The Balaban J connectivity index is 1.80. The molecule has 2 amide bonds. The second kappa shape index (κ2) is 4.21. The summed E-state index contributed by atoms with van der Waals surface area (Å²) < 4.78 is 1.01. The van der Waals surface area contributed by atoms with Crippen molar-refractivity contribution < 1.29 is 9.59 Å². The van der Waals surface area contributed by atoms with E-state index in [9.17, 15) is 9.59 Å². The van der Waals surface area contributed by atoms with Crippen molar-refractivity contribution in [2.24, 2.45) is 11.8 Å². The number of hydrogen-bond acceptors (Lipinski definition) is 3. The fraction of sp³-hybridized carbons (Fsp3) is 0.500. The van der Waals surface area contributed by atoms with Crippen molar-refractivity contribution >= 4 is 39.1 Å². The molecule has 1 aliphatic heterocycles. The van der Waals surface area contributed by atoms with E-state index in [4.69, 9.17) is 0 Å². The molecule has 0 N–H and O–H groups in total. The molecule has 1 saturated heterocycles. The lowest BCUT2D eigenvalue weighted by Gasteiger charge is -2.14. The fourth-order valence-electron chi connectivity index (χ4n) is 2.81. The summed E-state index contributed by atoms with van der Waals surface area (Å²) in [7, 11) is 0. The standard InChI is InChI=1S/C12H12BrNO2S/c13-7-4-8(17-6-7)5-14-11(15)9-2-1-3-10(9)12(14)16/h4,6,9-10H,1-3,5H2. The van der Waals surface area contributed by atoms with Gasteiger partial charge in [-0.2, -0.15) is 0 Å². The van der Waals surface area contributed by atoms with Gasteiger partial charge in [0.1, 0.15) is 0 Å². The van der Waals surface area contributed by atoms with Crippen molar-refractivity contribution in [1.82, 2.24) is 4.90 Å². The summed E-state index contributed by atoms with van der Waals surface area (Å²) in [5.41, 5.74) is 0. The Morgan fingerprint density at radius 3 is 2.47 bits per heavy atom. The van der Waals surface area contributed by atoms with E-state index in [1.54, 1.807) is 11.3 Å². The van der Waals surface area contributed by atoms with Crippen LogP contribution in [0, 0.1) is 11.8 Å². The highest BCUT2D eigenvalue weighted by atomic mass is 79.9. The smallest absolute Gasteiger partial charge is 0.233 e. The molecule has 1 aliphatic carbocycles. The molecule has 2 atom stereocenters. The second-order valence-corrected chi connectivity index (χ2v) is 6.55. The van der Waals surface area contributed by atoms with E-state index < -0.39 is 0 Å². The highest BCUT2D eigenvalue weighted by molar-refractivity contribution is 9.10. The molecule has 1 aromatic heterocycles. The number of nitrogens with zero attached hydrogens (tertiary/aromatic N) is 1. The molecule has 0 aromatic carbocycles. The van der Waals surface area contributed by atoms with Gasteiger partial charge in [-0.3, -0.25) is 14.5 Å². The van der Waals surface area contributed by atoms with Gasteiger partial charge in [0, 0.05) is 14.7 Å². The van der Waals surface area contributed by atoms with E-state index in [1.807, 2.05) is 11.4 Å². The van der Waals surface area contributed by atoms with Crippen molar-refractivity contribution in [3.63, 3.8) is 0 Å². The van der Waals surface area contributed by atoms with Crippen LogP contribution in [0.3, 0.4) is 0 Å². The van der Waals surface area contributed by atoms with Crippen LogP contribution in [0.2, 0.25) is 0 Å². The third kappa shape index (κ3) is 1.85. The first kappa shape index (κ1) is 11.4. The van der Waals surface area contributed by atoms with Crippen LogP contribution in [-0.2, 0) is 16.1 Å². The summed E-state index contributed by atoms with van der Waals surface area (Å²) in [5.74, 6) is 0.0425. The first-order valence-corrected chi connectivity index (χ1v) is 7.42. The van der Waals surface area contributed by atoms with Crippen LogP contribution in [0.5, 0.6) is 0 Å². The van der Waals surface area contributed by atoms with Crippen molar-refractivity contribution in [3.05, 3.63) is 20.8 Å². The predicted molar refractivity (Wildman–Crippen MR) is 68.4 cm³/mol. The molecule has 0 bridgehead atoms. The molecule has 0 spiro atoms. The lowest BCUT2D eigenvalue weighted by molar-refractivity contribution is -0.140. The topological polar surface area (TPSA) is 37.4 Å². The van der Waals surface area contributed by atoms with Gasteiger partial charge in [0.05, 0.1) is 18.4 Å². The number of likely N-dealkylation sites (tertiary alicyclic amines) is 1. The third-order valence-corrected chi connectivity index (χ3v) is 5.30. The number of halogens is 1. The number of rotatable bonds is 2. The molecule has 0 radical (unpaired) electrons. The zero-order chi connectivity index (χ0) is 12.0. The molecule has 2 unspecified atom stereocenters. The van der Waals surface area contributed by atoms with Gasteiger partial charge >= 0.3 is 0 Å². The Morgan fingerprint density at radius 2 is 1.94 bits per heavy atom. The fourth-order valence-corrected chi connectivity index (χ4v) is 4.25. The maximum absolute atomic E-state index is 12.1. The van der Waals surface area contributed by atoms with E-state index in [2.05, 4.69) is 15.9 Å². The minimum absolute atomic E-state index is 0.0223. The van der Waals surface area contributed by atoms with Gasteiger partial charge in [-0.25, -0.2) is 0 Å². The lowest BCUT2D eigenvalue weighted by Crippen LogP contribution is -2.30. The summed E-state index contributed by atoms with van der Waals surface area (Å²) in [6.07, 6.45) is 2.80. The van der Waals surface area contributed by atoms with Crippen LogP contribution in [0.4, 0.5) is 0 Å². The molecule has 3 rings (SSSR count). The molecule has 1 saturated carbocycles. The lowest BCUT2D eigenvalue weighted by atomic mass is 10.00. The van der Waals surface area contributed by atoms with E-state index in [1.165, 1.54) is 4.90 Å². The Morgan fingerprint density at radius 1 is 1.29 bits per heavy atom. The van der Waals surface area contributed by atoms with Crippen molar-refractivity contribution in [3.8, 4) is 0 Å². The molecule has 2 heterocycles. The SMILES string of the molecule is O=C1C2CCCC2C(=O)N1Cc1cc(Br)cs1. The van der Waals surface area contributed by atoms with Crippen molar-refractivity contribution in [1.29, 1.82) is 0 Å². The first-order valence-electron chi connectivity index (χ1n) is 5.75. The number of hydrogen-bond donors (Lipinski definition) is 0. The van der Waals surface area contributed by atoms with Crippen LogP contribution in [0.25, 0.3) is 0 Å². The van der Waals surface area contributed by atoms with E-state index in [-0.39, 0.29) is 23.7 Å². The number of carbonyl (C=O) groups excluding carboxylic acids is 2. The van der Waals surface area contributed by atoms with Crippen molar-refractivity contribution in [2.75, 3.05) is 0 Å². The van der Waals surface area contributed by atoms with Crippen LogP contribution < -0.4 is 0 Å². The number of thiophene rings is 1. The van der Waals surface area contributed by atoms with Gasteiger partial charge < -0.3 is 0 Å². The number of amides is 2. The van der Waals surface area contributed by atoms with Gasteiger partial charge in [-0.05, 0) is 34.8 Å². The van der Waals surface area contributed by atoms with Crippen LogP contribution in [0.1, 0.15) is 24.1 Å². The predicted octanol–water partition coefficient (Wildman–Crippen LogP) is 2.80. The molecule has 17 heavy (non-hydrogen) atoms. The molecule has 3 nitrogen and oxygen atoms in total. The largest absolute Gasteiger partial charge is 0.277 e. The molecule has 2 fully saturated rings. The summed E-state index contributed by atoms with van der Waals surface area (Å²) in [5, 5.41) is 1.97. The van der Waals surface area contributed by atoms with E-state index in [0.29, 0.717) is 6.54 Å². The molecule has 1 aromatic rings. The number of fused-ring (bicyclic) bond motifs is 1. The average Bonchev–Trinajstić information content (AvgIpc) is 2.96. The normalized spacial score (nSPS) is 27.9. The highest BCUT2D eigenvalue weighted by Crippen LogP contribution is 2.40. The van der Waals surface area contributed by atoms with Gasteiger partial charge in [0.15, 0.2) is 0 Å². The molecule has 90 valence electrons. The highest BCUT2D eigenvalue weighted by Gasteiger charge is 2.49. The summed E-state index contributed by atoms with van der Waals surface area (Å²) >= 11 is 4.96. The minimum atomic E-state index is -0.0223. The zero-order valence-electron chi connectivity index (χ0n) is 9.19. The molecule has 2 aliphatic rings. The summed E-state index contributed by atoms with van der Waals surface area (Å²) in [6, 6.07) is 1.97. The van der Waals surface area contributed by atoms with Crippen molar-refractivity contribution in [2.45, 2.75) is 25.8 Å². The average molecular weight is 314 g/mol.